The predicted molar refractivity (Wildman–Crippen MR) is 153 cm³/mol. The second kappa shape index (κ2) is 14.3. The molecule has 1 amide bonds. The minimum Gasteiger partial charge on any atom is -0.492 e. The number of carbonyl (C=O) groups is 3. The summed E-state index contributed by atoms with van der Waals surface area (Å²) in [6, 6.07) is 1.71. The lowest BCUT2D eigenvalue weighted by Gasteiger charge is -2.38. The summed E-state index contributed by atoms with van der Waals surface area (Å²) < 4.78 is 33.1. The van der Waals surface area contributed by atoms with Crippen molar-refractivity contribution in [2.45, 2.75) is 38.1 Å². The van der Waals surface area contributed by atoms with E-state index in [0.29, 0.717) is 66.2 Å². The van der Waals surface area contributed by atoms with Crippen molar-refractivity contribution in [3.8, 4) is 5.75 Å². The fourth-order valence-electron chi connectivity index (χ4n) is 5.12. The van der Waals surface area contributed by atoms with Crippen molar-refractivity contribution in [3.63, 3.8) is 0 Å². The second-order valence-electron chi connectivity index (χ2n) is 10.4. The Bertz CT molecular complexity index is 1240. The van der Waals surface area contributed by atoms with E-state index in [1.165, 1.54) is 4.31 Å². The molecule has 1 aromatic rings. The van der Waals surface area contributed by atoms with Crippen LogP contribution >= 0.6 is 11.6 Å². The van der Waals surface area contributed by atoms with Crippen molar-refractivity contribution in [2.75, 3.05) is 59.2 Å². The number of likely N-dealkylation sites (tertiary alicyclic amines) is 1. The van der Waals surface area contributed by atoms with Gasteiger partial charge in [-0.25, -0.2) is 9.59 Å². The summed E-state index contributed by atoms with van der Waals surface area (Å²) in [4.78, 5) is 34.5. The molecule has 3 aliphatic rings. The monoisotopic (exact) mass is 615 g/mol. The number of anilines is 1. The third-order valence-electron chi connectivity index (χ3n) is 7.38. The molecule has 15 heteroatoms. The van der Waals surface area contributed by atoms with Gasteiger partial charge in [0.25, 0.3) is 16.1 Å². The molecule has 0 spiro atoms. The van der Waals surface area contributed by atoms with Gasteiger partial charge < -0.3 is 30.9 Å². The standard InChI is InChI=1S/C22H34ClN5O4S.C4H4O4/c1-26(2)33(30,31)28-10-3-15(4-11-28)14-27-8-5-16(6-9-27)25-22(29)18-13-19(23)20(24)17-7-12-32-21(17)18;5-3(6)1-2-4(7)8/h13,15-16H,3-12,14,24H2,1-2H3,(H,25,29);1-2H,(H,5,6)(H,7,8)/b;2-1+. The smallest absolute Gasteiger partial charge is 0.328 e. The maximum absolute atomic E-state index is 12.9. The number of nitrogens with zero attached hydrogens (tertiary/aromatic N) is 3. The highest BCUT2D eigenvalue weighted by atomic mass is 35.5. The Kier molecular flexibility index (Phi) is 11.4. The van der Waals surface area contributed by atoms with E-state index in [9.17, 15) is 22.8 Å². The van der Waals surface area contributed by atoms with Gasteiger partial charge in [-0.3, -0.25) is 4.79 Å². The number of nitrogens with two attached hydrogens (primary N) is 1. The van der Waals surface area contributed by atoms with Crippen LogP contribution in [-0.4, -0.2) is 109 Å². The van der Waals surface area contributed by atoms with Crippen molar-refractivity contribution < 1.29 is 37.8 Å². The average molecular weight is 616 g/mol. The molecule has 3 heterocycles. The number of fused-ring (bicyclic) bond motifs is 1. The zero-order chi connectivity index (χ0) is 30.3. The Morgan fingerprint density at radius 1 is 1.10 bits per heavy atom. The number of nitrogens with one attached hydrogen (secondary N) is 1. The van der Waals surface area contributed by atoms with Gasteiger partial charge in [-0.2, -0.15) is 17.0 Å². The number of ether oxygens (including phenoxy) is 1. The first-order valence-electron chi connectivity index (χ1n) is 13.4. The molecule has 0 radical (unpaired) electrons. The van der Waals surface area contributed by atoms with Gasteiger partial charge in [-0.15, -0.1) is 0 Å². The number of nitrogen functional groups attached to an aromatic ring is 1. The fourth-order valence-corrected chi connectivity index (χ4v) is 6.48. The molecule has 0 atom stereocenters. The van der Waals surface area contributed by atoms with Crippen LogP contribution in [0.3, 0.4) is 0 Å². The number of halogens is 1. The molecule has 5 N–H and O–H groups in total. The van der Waals surface area contributed by atoms with Crippen LogP contribution < -0.4 is 15.8 Å². The van der Waals surface area contributed by atoms with E-state index in [1.54, 1.807) is 24.5 Å². The van der Waals surface area contributed by atoms with Crippen molar-refractivity contribution in [1.29, 1.82) is 0 Å². The summed E-state index contributed by atoms with van der Waals surface area (Å²) in [5, 5.41) is 19.2. The number of carbonyl (C=O) groups excluding carboxylic acids is 1. The number of hydrogen-bond acceptors (Lipinski definition) is 8. The first-order valence-corrected chi connectivity index (χ1v) is 15.2. The van der Waals surface area contributed by atoms with Gasteiger partial charge in [-0.1, -0.05) is 11.6 Å². The number of piperidine rings is 2. The minimum atomic E-state index is -3.32. The molecule has 1 aromatic carbocycles. The molecule has 0 aliphatic carbocycles. The Morgan fingerprint density at radius 2 is 1.68 bits per heavy atom. The molecule has 228 valence electrons. The summed E-state index contributed by atoms with van der Waals surface area (Å²) >= 11 is 6.24. The van der Waals surface area contributed by atoms with Gasteiger partial charge in [0.2, 0.25) is 0 Å². The normalized spacial score (nSPS) is 18.9. The Labute approximate surface area is 245 Å². The van der Waals surface area contributed by atoms with Crippen molar-refractivity contribution in [1.82, 2.24) is 18.8 Å². The summed E-state index contributed by atoms with van der Waals surface area (Å²) in [6.45, 7) is 4.48. The highest BCUT2D eigenvalue weighted by molar-refractivity contribution is 7.86. The van der Waals surface area contributed by atoms with Crippen LogP contribution in [0, 0.1) is 5.92 Å². The third kappa shape index (κ3) is 8.79. The van der Waals surface area contributed by atoms with Gasteiger partial charge >= 0.3 is 11.9 Å². The largest absolute Gasteiger partial charge is 0.492 e. The van der Waals surface area contributed by atoms with Crippen molar-refractivity contribution in [2.24, 2.45) is 5.92 Å². The number of carboxylic acid groups (broad SMARTS) is 2. The molecule has 0 aromatic heterocycles. The van der Waals surface area contributed by atoms with E-state index in [4.69, 9.17) is 32.3 Å². The summed E-state index contributed by atoms with van der Waals surface area (Å²) in [5.74, 6) is -1.61. The average Bonchev–Trinajstić information content (AvgIpc) is 3.41. The quantitative estimate of drug-likeness (QED) is 0.245. The minimum absolute atomic E-state index is 0.106. The predicted octanol–water partition coefficient (Wildman–Crippen LogP) is 1.28. The van der Waals surface area contributed by atoms with Crippen molar-refractivity contribution >= 4 is 45.3 Å². The van der Waals surface area contributed by atoms with Gasteiger partial charge in [-0.05, 0) is 37.7 Å². The number of rotatable bonds is 8. The lowest BCUT2D eigenvalue weighted by Crippen LogP contribution is -2.48. The first-order chi connectivity index (χ1) is 19.3. The van der Waals surface area contributed by atoms with Gasteiger partial charge in [0.15, 0.2) is 0 Å². The Hall–Kier alpha value is -2.91. The van der Waals surface area contributed by atoms with Crippen LogP contribution in [-0.2, 0) is 26.2 Å². The van der Waals surface area contributed by atoms with E-state index < -0.39 is 22.1 Å². The number of carboxylic acids is 2. The van der Waals surface area contributed by atoms with E-state index in [0.717, 1.165) is 50.9 Å². The molecule has 4 rings (SSSR count). The second-order valence-corrected chi connectivity index (χ2v) is 13.0. The van der Waals surface area contributed by atoms with Crippen LogP contribution in [0.25, 0.3) is 0 Å². The van der Waals surface area contributed by atoms with Crippen LogP contribution in [0.15, 0.2) is 18.2 Å². The molecule has 0 bridgehead atoms. The van der Waals surface area contributed by atoms with Gasteiger partial charge in [0.05, 0.1) is 22.9 Å². The van der Waals surface area contributed by atoms with E-state index in [2.05, 4.69) is 10.2 Å². The van der Waals surface area contributed by atoms with Gasteiger partial charge in [0.1, 0.15) is 5.75 Å². The van der Waals surface area contributed by atoms with E-state index in [1.807, 2.05) is 0 Å². The molecule has 0 unspecified atom stereocenters. The highest BCUT2D eigenvalue weighted by Crippen LogP contribution is 2.38. The van der Waals surface area contributed by atoms with Gasteiger partial charge in [0, 0.05) is 77.0 Å². The third-order valence-corrected chi connectivity index (χ3v) is 9.64. The fraction of sp³-hybridized carbons (Fsp3) is 0.577. The highest BCUT2D eigenvalue weighted by Gasteiger charge is 2.32. The van der Waals surface area contributed by atoms with Crippen molar-refractivity contribution in [3.05, 3.63) is 34.4 Å². The molecular formula is C26H38ClN5O8S. The number of benzene rings is 1. The summed E-state index contributed by atoms with van der Waals surface area (Å²) in [5.41, 5.74) is 7.82. The SMILES string of the molecule is CN(C)S(=O)(=O)N1CCC(CN2CCC(NC(=O)c3cc(Cl)c(N)c4c3OCC4)CC2)CC1.O=C(O)/C=C/C(=O)O. The lowest BCUT2D eigenvalue weighted by atomic mass is 9.95. The zero-order valence-corrected chi connectivity index (χ0v) is 24.8. The Morgan fingerprint density at radius 3 is 2.22 bits per heavy atom. The molecule has 2 saturated heterocycles. The summed E-state index contributed by atoms with van der Waals surface area (Å²) in [6.07, 6.45) is 5.31. The molecule has 0 saturated carbocycles. The zero-order valence-electron chi connectivity index (χ0n) is 23.2. The number of aliphatic carboxylic acids is 2. The molecule has 2 fully saturated rings. The molecular weight excluding hydrogens is 578 g/mol. The van der Waals surface area contributed by atoms with Crippen LogP contribution in [0.5, 0.6) is 5.75 Å². The maximum atomic E-state index is 12.9. The molecule has 3 aliphatic heterocycles. The van der Waals surface area contributed by atoms with Crippen LogP contribution in [0.1, 0.15) is 41.6 Å². The number of hydrogen-bond donors (Lipinski definition) is 4. The molecule has 13 nitrogen and oxygen atoms in total. The Balaban J connectivity index is 0.000000507. The topological polar surface area (TPSA) is 183 Å². The van der Waals surface area contributed by atoms with E-state index >= 15 is 0 Å². The first kappa shape index (κ1) is 32.6. The lowest BCUT2D eigenvalue weighted by molar-refractivity contribution is -0.134. The maximum Gasteiger partial charge on any atom is 0.328 e. The molecule has 41 heavy (non-hydrogen) atoms. The number of amides is 1. The van der Waals surface area contributed by atoms with Crippen LogP contribution in [0.4, 0.5) is 5.69 Å². The van der Waals surface area contributed by atoms with Crippen LogP contribution in [0.2, 0.25) is 5.02 Å². The van der Waals surface area contributed by atoms with E-state index in [-0.39, 0.29) is 11.9 Å². The summed E-state index contributed by atoms with van der Waals surface area (Å²) in [7, 11) is -0.167.